The SMILES string of the molecule is CN(C(=O)C1CCN(S(=O)(=O)/C=C/c2ccccc2)CC1)C(C1CC1)C1CC1. The molecule has 0 atom stereocenters. The van der Waals surface area contributed by atoms with Crippen molar-refractivity contribution in [3.8, 4) is 0 Å². The van der Waals surface area contributed by atoms with Crippen LogP contribution in [-0.4, -0.2) is 49.7 Å². The van der Waals surface area contributed by atoms with Gasteiger partial charge < -0.3 is 4.90 Å². The monoisotopic (exact) mass is 402 g/mol. The summed E-state index contributed by atoms with van der Waals surface area (Å²) in [5.41, 5.74) is 0.865. The second kappa shape index (κ2) is 7.99. The summed E-state index contributed by atoms with van der Waals surface area (Å²) in [6.07, 6.45) is 7.88. The van der Waals surface area contributed by atoms with Gasteiger partial charge in [-0.2, -0.15) is 4.31 Å². The molecule has 5 nitrogen and oxygen atoms in total. The third-order valence-corrected chi connectivity index (χ3v) is 7.96. The number of amides is 1. The average Bonchev–Trinajstić information content (AvgIpc) is 3.62. The van der Waals surface area contributed by atoms with Gasteiger partial charge in [-0.15, -0.1) is 0 Å². The van der Waals surface area contributed by atoms with E-state index in [0.29, 0.717) is 43.8 Å². The van der Waals surface area contributed by atoms with Crippen molar-refractivity contribution in [2.75, 3.05) is 20.1 Å². The minimum absolute atomic E-state index is 0.0467. The molecule has 6 heteroatoms. The maximum absolute atomic E-state index is 13.0. The highest BCUT2D eigenvalue weighted by atomic mass is 32.2. The molecule has 0 radical (unpaired) electrons. The lowest BCUT2D eigenvalue weighted by Gasteiger charge is -2.35. The number of nitrogens with zero attached hydrogens (tertiary/aromatic N) is 2. The Balaban J connectivity index is 1.33. The maximum atomic E-state index is 13.0. The molecule has 0 aromatic heterocycles. The van der Waals surface area contributed by atoms with Gasteiger partial charge in [0.05, 0.1) is 0 Å². The van der Waals surface area contributed by atoms with Gasteiger partial charge in [0.25, 0.3) is 0 Å². The fourth-order valence-electron chi connectivity index (χ4n) is 4.50. The summed E-state index contributed by atoms with van der Waals surface area (Å²) in [5.74, 6) is 1.57. The predicted molar refractivity (Wildman–Crippen MR) is 111 cm³/mol. The van der Waals surface area contributed by atoms with Gasteiger partial charge in [-0.3, -0.25) is 4.79 Å². The normalized spacial score (nSPS) is 22.1. The van der Waals surface area contributed by atoms with Crippen LogP contribution in [0.15, 0.2) is 35.7 Å². The lowest BCUT2D eigenvalue weighted by atomic mass is 9.95. The number of piperidine rings is 1. The van der Waals surface area contributed by atoms with Crippen molar-refractivity contribution in [2.24, 2.45) is 17.8 Å². The van der Waals surface area contributed by atoms with E-state index < -0.39 is 10.0 Å². The van der Waals surface area contributed by atoms with Crippen LogP contribution >= 0.6 is 0 Å². The summed E-state index contributed by atoms with van der Waals surface area (Å²) in [7, 11) is -1.48. The Kier molecular flexibility index (Phi) is 5.61. The highest BCUT2D eigenvalue weighted by molar-refractivity contribution is 7.92. The van der Waals surface area contributed by atoms with Gasteiger partial charge in [0.2, 0.25) is 15.9 Å². The van der Waals surface area contributed by atoms with E-state index in [-0.39, 0.29) is 11.8 Å². The first kappa shape index (κ1) is 19.6. The molecular formula is C22H30N2O3S. The Morgan fingerprint density at radius 1 is 1.04 bits per heavy atom. The van der Waals surface area contributed by atoms with Crippen molar-refractivity contribution in [1.82, 2.24) is 9.21 Å². The second-order valence-electron chi connectivity index (χ2n) is 8.55. The van der Waals surface area contributed by atoms with Crippen molar-refractivity contribution in [1.29, 1.82) is 0 Å². The maximum Gasteiger partial charge on any atom is 0.236 e. The van der Waals surface area contributed by atoms with Gasteiger partial charge in [0.15, 0.2) is 0 Å². The molecule has 1 aromatic carbocycles. The molecule has 2 aliphatic carbocycles. The van der Waals surface area contributed by atoms with E-state index in [9.17, 15) is 13.2 Å². The Bertz CT molecular complexity index is 809. The number of carbonyl (C=O) groups excluding carboxylic acids is 1. The summed E-state index contributed by atoms with van der Waals surface area (Å²) >= 11 is 0. The first-order valence-electron chi connectivity index (χ1n) is 10.5. The summed E-state index contributed by atoms with van der Waals surface area (Å²) in [5, 5.41) is 1.28. The molecule has 1 amide bonds. The minimum Gasteiger partial charge on any atom is -0.342 e. The lowest BCUT2D eigenvalue weighted by Crippen LogP contribution is -2.47. The Morgan fingerprint density at radius 2 is 1.61 bits per heavy atom. The fraction of sp³-hybridized carbons (Fsp3) is 0.591. The van der Waals surface area contributed by atoms with Gasteiger partial charge in [-0.05, 0) is 62.0 Å². The van der Waals surface area contributed by atoms with Gasteiger partial charge in [-0.25, -0.2) is 8.42 Å². The molecule has 0 unspecified atom stereocenters. The molecule has 3 aliphatic rings. The Labute approximate surface area is 168 Å². The first-order valence-corrected chi connectivity index (χ1v) is 12.0. The molecule has 1 aliphatic heterocycles. The highest BCUT2D eigenvalue weighted by Gasteiger charge is 2.46. The molecule has 28 heavy (non-hydrogen) atoms. The molecular weight excluding hydrogens is 372 g/mol. The predicted octanol–water partition coefficient (Wildman–Crippen LogP) is 3.35. The van der Waals surface area contributed by atoms with E-state index in [1.54, 1.807) is 6.08 Å². The summed E-state index contributed by atoms with van der Waals surface area (Å²) in [6.45, 7) is 0.840. The number of carbonyl (C=O) groups is 1. The highest BCUT2D eigenvalue weighted by Crippen LogP contribution is 2.47. The van der Waals surface area contributed by atoms with Crippen molar-refractivity contribution < 1.29 is 13.2 Å². The summed E-state index contributed by atoms with van der Waals surface area (Å²) < 4.78 is 26.7. The van der Waals surface area contributed by atoms with Crippen LogP contribution in [0.5, 0.6) is 0 Å². The first-order chi connectivity index (χ1) is 13.5. The van der Waals surface area contributed by atoms with Crippen LogP contribution in [0.1, 0.15) is 44.1 Å². The van der Waals surface area contributed by atoms with Gasteiger partial charge in [0, 0.05) is 37.5 Å². The minimum atomic E-state index is -3.45. The van der Waals surface area contributed by atoms with E-state index in [2.05, 4.69) is 0 Å². The molecule has 0 N–H and O–H groups in total. The zero-order chi connectivity index (χ0) is 19.7. The quantitative estimate of drug-likeness (QED) is 0.703. The van der Waals surface area contributed by atoms with Gasteiger partial charge in [0.1, 0.15) is 0 Å². The van der Waals surface area contributed by atoms with Crippen LogP contribution in [0.4, 0.5) is 0 Å². The molecule has 0 spiro atoms. The van der Waals surface area contributed by atoms with Crippen LogP contribution < -0.4 is 0 Å². The van der Waals surface area contributed by atoms with Gasteiger partial charge >= 0.3 is 0 Å². The van der Waals surface area contributed by atoms with Crippen LogP contribution in [0.3, 0.4) is 0 Å². The Hall–Kier alpha value is -1.66. The van der Waals surface area contributed by atoms with E-state index in [1.807, 2.05) is 42.3 Å². The van der Waals surface area contributed by atoms with Crippen LogP contribution in [0.2, 0.25) is 0 Å². The van der Waals surface area contributed by atoms with Crippen LogP contribution in [-0.2, 0) is 14.8 Å². The van der Waals surface area contributed by atoms with Gasteiger partial charge in [-0.1, -0.05) is 30.3 Å². The molecule has 4 rings (SSSR count). The third kappa shape index (κ3) is 4.49. The number of rotatable bonds is 7. The van der Waals surface area contributed by atoms with Crippen molar-refractivity contribution in [3.63, 3.8) is 0 Å². The number of hydrogen-bond donors (Lipinski definition) is 0. The molecule has 1 heterocycles. The number of benzene rings is 1. The molecule has 2 saturated carbocycles. The smallest absolute Gasteiger partial charge is 0.236 e. The van der Waals surface area contributed by atoms with Crippen LogP contribution in [0, 0.1) is 17.8 Å². The summed E-state index contributed by atoms with van der Waals surface area (Å²) in [4.78, 5) is 15.0. The third-order valence-electron chi connectivity index (χ3n) is 6.40. The second-order valence-corrected chi connectivity index (χ2v) is 10.4. The van der Waals surface area contributed by atoms with Crippen LogP contribution in [0.25, 0.3) is 6.08 Å². The number of sulfonamides is 1. The van der Waals surface area contributed by atoms with E-state index in [1.165, 1.54) is 35.4 Å². The number of hydrogen-bond acceptors (Lipinski definition) is 3. The Morgan fingerprint density at radius 3 is 2.14 bits per heavy atom. The molecule has 152 valence electrons. The average molecular weight is 403 g/mol. The van der Waals surface area contributed by atoms with Crippen molar-refractivity contribution in [2.45, 2.75) is 44.6 Å². The van der Waals surface area contributed by atoms with E-state index in [0.717, 1.165) is 5.56 Å². The topological polar surface area (TPSA) is 57.7 Å². The molecule has 1 aromatic rings. The van der Waals surface area contributed by atoms with E-state index in [4.69, 9.17) is 0 Å². The summed E-state index contributed by atoms with van der Waals surface area (Å²) in [6, 6.07) is 9.85. The van der Waals surface area contributed by atoms with Crippen molar-refractivity contribution in [3.05, 3.63) is 41.3 Å². The fourth-order valence-corrected chi connectivity index (χ4v) is 5.72. The van der Waals surface area contributed by atoms with E-state index >= 15 is 0 Å². The standard InChI is InChI=1S/C22H30N2O3S/c1-23(21(18-7-8-18)19-9-10-19)22(25)20-11-14-24(15-12-20)28(26,27)16-13-17-5-3-2-4-6-17/h2-6,13,16,18-21H,7-12,14-15H2,1H3/b16-13+. The zero-order valence-corrected chi connectivity index (χ0v) is 17.4. The van der Waals surface area contributed by atoms with Crippen molar-refractivity contribution >= 4 is 22.0 Å². The molecule has 1 saturated heterocycles. The zero-order valence-electron chi connectivity index (χ0n) is 16.5. The lowest BCUT2D eigenvalue weighted by molar-refractivity contribution is -0.138. The molecule has 0 bridgehead atoms. The molecule has 3 fully saturated rings. The largest absolute Gasteiger partial charge is 0.342 e.